The van der Waals surface area contributed by atoms with Crippen molar-refractivity contribution in [2.75, 3.05) is 0 Å². The van der Waals surface area contributed by atoms with Gasteiger partial charge in [-0.15, -0.1) is 0 Å². The standard InChI is InChI=1S/C20H36O2/c1-3-5-7-9-10-11-12-13-15-17-20(22)18-19(21)16-14-8-6-4-2/h7,9H,3-6,8,10-18H2,1-2H3. The van der Waals surface area contributed by atoms with E-state index in [-0.39, 0.29) is 18.0 Å². The van der Waals surface area contributed by atoms with Crippen LogP contribution >= 0.6 is 0 Å². The second-order valence-corrected chi connectivity index (χ2v) is 6.28. The Morgan fingerprint density at radius 2 is 1.18 bits per heavy atom. The number of unbranched alkanes of at least 4 members (excludes halogenated alkanes) is 8. The molecule has 0 aliphatic carbocycles. The summed E-state index contributed by atoms with van der Waals surface area (Å²) >= 11 is 0. The monoisotopic (exact) mass is 308 g/mol. The van der Waals surface area contributed by atoms with Crippen molar-refractivity contribution in [1.29, 1.82) is 0 Å². The lowest BCUT2D eigenvalue weighted by molar-refractivity contribution is -0.127. The highest BCUT2D eigenvalue weighted by Gasteiger charge is 2.08. The Hall–Kier alpha value is -0.920. The first-order valence-corrected chi connectivity index (χ1v) is 9.39. The summed E-state index contributed by atoms with van der Waals surface area (Å²) < 4.78 is 0. The van der Waals surface area contributed by atoms with Crippen LogP contribution in [-0.4, -0.2) is 11.6 Å². The molecule has 0 aliphatic heterocycles. The number of ketones is 2. The molecule has 0 atom stereocenters. The first kappa shape index (κ1) is 21.1. The number of rotatable bonds is 16. The minimum absolute atomic E-state index is 0.141. The molecule has 0 fully saturated rings. The molecule has 0 amide bonds. The second kappa shape index (κ2) is 16.5. The van der Waals surface area contributed by atoms with Gasteiger partial charge in [-0.3, -0.25) is 9.59 Å². The van der Waals surface area contributed by atoms with Crippen molar-refractivity contribution in [1.82, 2.24) is 0 Å². The van der Waals surface area contributed by atoms with Crippen LogP contribution < -0.4 is 0 Å². The third kappa shape index (κ3) is 15.5. The first-order valence-electron chi connectivity index (χ1n) is 9.39. The number of hydrogen-bond donors (Lipinski definition) is 0. The van der Waals surface area contributed by atoms with Crippen molar-refractivity contribution in [2.45, 2.75) is 104 Å². The van der Waals surface area contributed by atoms with Gasteiger partial charge in [-0.1, -0.05) is 64.5 Å². The Morgan fingerprint density at radius 1 is 0.636 bits per heavy atom. The predicted molar refractivity (Wildman–Crippen MR) is 95.1 cm³/mol. The van der Waals surface area contributed by atoms with Crippen LogP contribution in [0.5, 0.6) is 0 Å². The van der Waals surface area contributed by atoms with E-state index in [4.69, 9.17) is 0 Å². The van der Waals surface area contributed by atoms with Crippen molar-refractivity contribution < 1.29 is 9.59 Å². The maximum atomic E-state index is 11.7. The van der Waals surface area contributed by atoms with E-state index in [1.165, 1.54) is 38.5 Å². The minimum Gasteiger partial charge on any atom is -0.299 e. The molecular formula is C20H36O2. The topological polar surface area (TPSA) is 34.1 Å². The summed E-state index contributed by atoms with van der Waals surface area (Å²) in [4.78, 5) is 23.4. The van der Waals surface area contributed by atoms with E-state index in [9.17, 15) is 9.59 Å². The van der Waals surface area contributed by atoms with Gasteiger partial charge in [-0.2, -0.15) is 0 Å². The van der Waals surface area contributed by atoms with E-state index < -0.39 is 0 Å². The smallest absolute Gasteiger partial charge is 0.140 e. The van der Waals surface area contributed by atoms with Gasteiger partial charge in [0.1, 0.15) is 11.6 Å². The van der Waals surface area contributed by atoms with Gasteiger partial charge in [0.05, 0.1) is 6.42 Å². The summed E-state index contributed by atoms with van der Waals surface area (Å²) in [5.41, 5.74) is 0. The Bertz CT molecular complexity index is 305. The van der Waals surface area contributed by atoms with E-state index in [2.05, 4.69) is 26.0 Å². The molecule has 22 heavy (non-hydrogen) atoms. The highest BCUT2D eigenvalue weighted by molar-refractivity contribution is 5.98. The van der Waals surface area contributed by atoms with Gasteiger partial charge >= 0.3 is 0 Å². The summed E-state index contributed by atoms with van der Waals surface area (Å²) in [5.74, 6) is 0.283. The van der Waals surface area contributed by atoms with E-state index in [0.717, 1.165) is 32.1 Å². The molecule has 0 saturated heterocycles. The molecule has 0 radical (unpaired) electrons. The number of carbonyl (C=O) groups is 2. The highest BCUT2D eigenvalue weighted by Crippen LogP contribution is 2.09. The van der Waals surface area contributed by atoms with Gasteiger partial charge in [0.15, 0.2) is 0 Å². The summed E-state index contributed by atoms with van der Waals surface area (Å²) in [7, 11) is 0. The van der Waals surface area contributed by atoms with Gasteiger partial charge in [0.25, 0.3) is 0 Å². The van der Waals surface area contributed by atoms with Crippen molar-refractivity contribution in [2.24, 2.45) is 0 Å². The van der Waals surface area contributed by atoms with Crippen molar-refractivity contribution in [3.05, 3.63) is 12.2 Å². The maximum Gasteiger partial charge on any atom is 0.140 e. The van der Waals surface area contributed by atoms with Gasteiger partial charge in [-0.05, 0) is 32.1 Å². The van der Waals surface area contributed by atoms with Crippen LogP contribution in [-0.2, 0) is 9.59 Å². The Morgan fingerprint density at radius 3 is 1.77 bits per heavy atom. The van der Waals surface area contributed by atoms with Crippen LogP contribution in [0.2, 0.25) is 0 Å². The molecule has 0 aliphatic rings. The van der Waals surface area contributed by atoms with Crippen molar-refractivity contribution in [3.8, 4) is 0 Å². The Balaban J connectivity index is 3.40. The van der Waals surface area contributed by atoms with Crippen LogP contribution in [0.1, 0.15) is 104 Å². The fraction of sp³-hybridized carbons (Fsp3) is 0.800. The molecular weight excluding hydrogens is 272 g/mol. The fourth-order valence-electron chi connectivity index (χ4n) is 2.49. The molecule has 0 spiro atoms. The summed E-state index contributed by atoms with van der Waals surface area (Å²) in [6.45, 7) is 4.35. The molecule has 0 rings (SSSR count). The quantitative estimate of drug-likeness (QED) is 0.194. The molecule has 128 valence electrons. The minimum atomic E-state index is 0.141. The van der Waals surface area contributed by atoms with Crippen LogP contribution in [0.4, 0.5) is 0 Å². The lowest BCUT2D eigenvalue weighted by atomic mass is 10.0. The molecule has 0 saturated carbocycles. The first-order chi connectivity index (χ1) is 10.7. The predicted octanol–water partition coefficient (Wildman–Crippen LogP) is 6.18. The molecule has 0 aromatic rings. The fourth-order valence-corrected chi connectivity index (χ4v) is 2.49. The zero-order valence-electron chi connectivity index (χ0n) is 14.9. The number of hydrogen-bond acceptors (Lipinski definition) is 2. The average Bonchev–Trinajstić information content (AvgIpc) is 2.50. The van der Waals surface area contributed by atoms with Crippen LogP contribution in [0.25, 0.3) is 0 Å². The normalized spacial score (nSPS) is 11.2. The van der Waals surface area contributed by atoms with Crippen LogP contribution in [0, 0.1) is 0 Å². The third-order valence-corrected chi connectivity index (χ3v) is 3.90. The van der Waals surface area contributed by atoms with Gasteiger partial charge in [-0.25, -0.2) is 0 Å². The molecule has 0 unspecified atom stereocenters. The van der Waals surface area contributed by atoms with E-state index in [1.54, 1.807) is 0 Å². The highest BCUT2D eigenvalue weighted by atomic mass is 16.1. The molecule has 2 nitrogen and oxygen atoms in total. The SMILES string of the molecule is CCCC=CCCCCCCC(=O)CC(=O)CCCCCC. The van der Waals surface area contributed by atoms with E-state index in [0.29, 0.717) is 12.8 Å². The molecule has 0 N–H and O–H groups in total. The maximum absolute atomic E-state index is 11.7. The largest absolute Gasteiger partial charge is 0.299 e. The molecule has 2 heteroatoms. The number of allylic oxidation sites excluding steroid dienone is 2. The van der Waals surface area contributed by atoms with Crippen LogP contribution in [0.15, 0.2) is 12.2 Å². The summed E-state index contributed by atoms with van der Waals surface area (Å²) in [5, 5.41) is 0. The van der Waals surface area contributed by atoms with E-state index >= 15 is 0 Å². The average molecular weight is 309 g/mol. The summed E-state index contributed by atoms with van der Waals surface area (Å²) in [6, 6.07) is 0. The zero-order chi connectivity index (χ0) is 16.5. The third-order valence-electron chi connectivity index (χ3n) is 3.90. The second-order valence-electron chi connectivity index (χ2n) is 6.28. The van der Waals surface area contributed by atoms with Crippen LogP contribution in [0.3, 0.4) is 0 Å². The van der Waals surface area contributed by atoms with Crippen molar-refractivity contribution in [3.63, 3.8) is 0 Å². The van der Waals surface area contributed by atoms with Gasteiger partial charge in [0.2, 0.25) is 0 Å². The van der Waals surface area contributed by atoms with E-state index in [1.807, 2.05) is 0 Å². The molecule has 0 aromatic carbocycles. The van der Waals surface area contributed by atoms with Gasteiger partial charge in [0, 0.05) is 12.8 Å². The molecule has 0 aromatic heterocycles. The summed E-state index contributed by atoms with van der Waals surface area (Å²) in [6.07, 6.45) is 18.3. The van der Waals surface area contributed by atoms with Gasteiger partial charge < -0.3 is 0 Å². The zero-order valence-corrected chi connectivity index (χ0v) is 14.9. The molecule has 0 bridgehead atoms. The Labute approximate surface area is 137 Å². The van der Waals surface area contributed by atoms with Crippen molar-refractivity contribution >= 4 is 11.6 Å². The molecule has 0 heterocycles. The lowest BCUT2D eigenvalue weighted by Crippen LogP contribution is -2.07. The number of carbonyl (C=O) groups excluding carboxylic acids is 2. The number of Topliss-reactive ketones (excluding diaryl/α,β-unsaturated/α-hetero) is 2. The lowest BCUT2D eigenvalue weighted by Gasteiger charge is -2.02. The Kier molecular flexibility index (Phi) is 15.8.